The normalized spacial score (nSPS) is 14.7. The Hall–Kier alpha value is -4.01. The fraction of sp³-hybridized carbons (Fsp3) is 0.240. The van der Waals surface area contributed by atoms with Crippen LogP contribution in [0.1, 0.15) is 12.5 Å². The van der Waals surface area contributed by atoms with Crippen LogP contribution in [0.3, 0.4) is 0 Å². The molecule has 3 aromatic rings. The van der Waals surface area contributed by atoms with Crippen molar-refractivity contribution in [3.05, 3.63) is 71.8 Å². The standard InChI is InChI=1S/C25H26F2N6O/c1-17(28)30-16-31-24-22(26)13-20(14-23(24)27)32-9-11-33(12-10-32)25(34)29-15-19-7-4-6-18-5-2-3-8-21(18)19/h2-8,13-14,16H,9-12,15H2,1H3,(H,29,34)(H2,28,30,31). The van der Waals surface area contributed by atoms with E-state index in [0.717, 1.165) is 22.7 Å². The van der Waals surface area contributed by atoms with Gasteiger partial charge in [-0.2, -0.15) is 0 Å². The van der Waals surface area contributed by atoms with Crippen molar-refractivity contribution >= 4 is 40.4 Å². The largest absolute Gasteiger partial charge is 0.387 e. The zero-order valence-corrected chi connectivity index (χ0v) is 18.8. The molecule has 9 heteroatoms. The number of carbonyl (C=O) groups excluding carboxylic acids is 1. The van der Waals surface area contributed by atoms with Crippen LogP contribution in [0.5, 0.6) is 0 Å². The summed E-state index contributed by atoms with van der Waals surface area (Å²) in [4.78, 5) is 23.7. The van der Waals surface area contributed by atoms with Gasteiger partial charge in [0.05, 0.1) is 5.84 Å². The predicted molar refractivity (Wildman–Crippen MR) is 132 cm³/mol. The van der Waals surface area contributed by atoms with Crippen molar-refractivity contribution in [3.63, 3.8) is 0 Å². The fourth-order valence-corrected chi connectivity index (χ4v) is 3.93. The van der Waals surface area contributed by atoms with Gasteiger partial charge >= 0.3 is 6.03 Å². The number of urea groups is 1. The van der Waals surface area contributed by atoms with E-state index in [-0.39, 0.29) is 11.9 Å². The molecule has 1 fully saturated rings. The Morgan fingerprint density at radius 2 is 1.74 bits per heavy atom. The molecule has 1 heterocycles. The lowest BCUT2D eigenvalue weighted by molar-refractivity contribution is 0.194. The summed E-state index contributed by atoms with van der Waals surface area (Å²) in [5, 5.41) is 5.22. The van der Waals surface area contributed by atoms with Crippen LogP contribution in [-0.2, 0) is 6.54 Å². The van der Waals surface area contributed by atoms with Crippen LogP contribution in [0.2, 0.25) is 0 Å². The molecule has 0 spiro atoms. The van der Waals surface area contributed by atoms with Crippen molar-refractivity contribution in [2.45, 2.75) is 13.5 Å². The molecule has 3 aromatic carbocycles. The van der Waals surface area contributed by atoms with Crippen LogP contribution in [0, 0.1) is 11.6 Å². The minimum absolute atomic E-state index is 0.162. The van der Waals surface area contributed by atoms with Gasteiger partial charge in [0.1, 0.15) is 12.0 Å². The van der Waals surface area contributed by atoms with Crippen molar-refractivity contribution in [1.29, 1.82) is 0 Å². The Labute approximate surface area is 196 Å². The Bertz CT molecular complexity index is 1220. The van der Waals surface area contributed by atoms with Gasteiger partial charge in [-0.3, -0.25) is 0 Å². The average molecular weight is 465 g/mol. The zero-order chi connectivity index (χ0) is 24.1. The summed E-state index contributed by atoms with van der Waals surface area (Å²) >= 11 is 0. The molecule has 0 aromatic heterocycles. The van der Waals surface area contributed by atoms with Crippen LogP contribution in [0.15, 0.2) is 64.6 Å². The first kappa shape index (κ1) is 23.2. The summed E-state index contributed by atoms with van der Waals surface area (Å²) in [7, 11) is 0. The molecule has 0 bridgehead atoms. The maximum absolute atomic E-state index is 14.4. The number of hydrogen-bond acceptors (Lipinski definition) is 3. The van der Waals surface area contributed by atoms with Gasteiger partial charge in [-0.05, 0) is 35.4 Å². The molecule has 1 aliphatic heterocycles. The van der Waals surface area contributed by atoms with Gasteiger partial charge in [0.25, 0.3) is 0 Å². The number of nitrogens with zero attached hydrogens (tertiary/aromatic N) is 4. The first-order valence-electron chi connectivity index (χ1n) is 11.0. The minimum atomic E-state index is -0.786. The van der Waals surface area contributed by atoms with E-state index in [1.165, 1.54) is 12.1 Å². The molecule has 176 valence electrons. The van der Waals surface area contributed by atoms with E-state index in [9.17, 15) is 13.6 Å². The summed E-state index contributed by atoms with van der Waals surface area (Å²) < 4.78 is 28.9. The van der Waals surface area contributed by atoms with Crippen molar-refractivity contribution in [3.8, 4) is 0 Å². The highest BCUT2D eigenvalue weighted by Crippen LogP contribution is 2.28. The Morgan fingerprint density at radius 1 is 1.06 bits per heavy atom. The molecule has 0 radical (unpaired) electrons. The highest BCUT2D eigenvalue weighted by molar-refractivity contribution is 5.86. The average Bonchev–Trinajstić information content (AvgIpc) is 2.84. The van der Waals surface area contributed by atoms with Crippen molar-refractivity contribution in [2.75, 3.05) is 31.1 Å². The van der Waals surface area contributed by atoms with E-state index in [1.807, 2.05) is 47.4 Å². The number of piperazine rings is 1. The van der Waals surface area contributed by atoms with Crippen molar-refractivity contribution < 1.29 is 13.6 Å². The lowest BCUT2D eigenvalue weighted by Gasteiger charge is -2.36. The third-order valence-electron chi connectivity index (χ3n) is 5.69. The van der Waals surface area contributed by atoms with E-state index in [2.05, 4.69) is 15.3 Å². The summed E-state index contributed by atoms with van der Waals surface area (Å²) in [6, 6.07) is 16.4. The van der Waals surface area contributed by atoms with Gasteiger partial charge in [-0.1, -0.05) is 42.5 Å². The molecule has 0 atom stereocenters. The maximum atomic E-state index is 14.4. The number of benzene rings is 3. The third-order valence-corrected chi connectivity index (χ3v) is 5.69. The molecule has 34 heavy (non-hydrogen) atoms. The summed E-state index contributed by atoms with van der Waals surface area (Å²) in [6.07, 6.45) is 1.02. The molecule has 1 aliphatic rings. The van der Waals surface area contributed by atoms with E-state index >= 15 is 0 Å². The number of carbonyl (C=O) groups is 1. The summed E-state index contributed by atoms with van der Waals surface area (Å²) in [6.45, 7) is 3.77. The summed E-state index contributed by atoms with van der Waals surface area (Å²) in [5.74, 6) is -1.34. The second kappa shape index (κ2) is 10.3. The second-order valence-corrected chi connectivity index (χ2v) is 8.04. The number of aliphatic imine (C=N–C) groups is 2. The van der Waals surface area contributed by atoms with Crippen LogP contribution in [0.25, 0.3) is 10.8 Å². The minimum Gasteiger partial charge on any atom is -0.387 e. The third kappa shape index (κ3) is 5.31. The molecule has 2 amide bonds. The smallest absolute Gasteiger partial charge is 0.317 e. The lowest BCUT2D eigenvalue weighted by atomic mass is 10.0. The molecule has 1 saturated heterocycles. The summed E-state index contributed by atoms with van der Waals surface area (Å²) in [5.41, 5.74) is 6.43. The highest BCUT2D eigenvalue weighted by atomic mass is 19.1. The molecule has 0 aliphatic carbocycles. The van der Waals surface area contributed by atoms with Gasteiger partial charge in [0.2, 0.25) is 0 Å². The topological polar surface area (TPSA) is 86.3 Å². The first-order valence-corrected chi connectivity index (χ1v) is 11.0. The number of amidine groups is 1. The van der Waals surface area contributed by atoms with E-state index in [0.29, 0.717) is 38.4 Å². The van der Waals surface area contributed by atoms with Crippen molar-refractivity contribution in [2.24, 2.45) is 15.7 Å². The molecular formula is C25H26F2N6O. The fourth-order valence-electron chi connectivity index (χ4n) is 3.93. The number of nitrogens with one attached hydrogen (secondary N) is 1. The lowest BCUT2D eigenvalue weighted by Crippen LogP contribution is -2.51. The number of nitrogens with two attached hydrogens (primary N) is 1. The SMILES string of the molecule is CC(N)=NC=Nc1c(F)cc(N2CCN(C(=O)NCc3cccc4ccccc34)CC2)cc1F. The predicted octanol–water partition coefficient (Wildman–Crippen LogP) is 4.19. The number of rotatable bonds is 5. The Balaban J connectivity index is 1.35. The quantitative estimate of drug-likeness (QED) is 0.439. The van der Waals surface area contributed by atoms with E-state index in [1.54, 1.807) is 11.8 Å². The number of anilines is 1. The van der Waals surface area contributed by atoms with Crippen LogP contribution in [0.4, 0.5) is 25.0 Å². The van der Waals surface area contributed by atoms with Gasteiger partial charge in [-0.25, -0.2) is 23.6 Å². The van der Waals surface area contributed by atoms with Gasteiger partial charge in [-0.15, -0.1) is 0 Å². The maximum Gasteiger partial charge on any atom is 0.317 e. The van der Waals surface area contributed by atoms with Gasteiger partial charge in [0, 0.05) is 38.4 Å². The number of amides is 2. The molecule has 3 N–H and O–H groups in total. The van der Waals surface area contributed by atoms with Crippen LogP contribution in [-0.4, -0.2) is 49.3 Å². The highest BCUT2D eigenvalue weighted by Gasteiger charge is 2.23. The molecule has 4 rings (SSSR count). The number of fused-ring (bicyclic) bond motifs is 1. The van der Waals surface area contributed by atoms with E-state index in [4.69, 9.17) is 5.73 Å². The van der Waals surface area contributed by atoms with Crippen LogP contribution >= 0.6 is 0 Å². The van der Waals surface area contributed by atoms with Crippen LogP contribution < -0.4 is 16.0 Å². The number of halogens is 2. The monoisotopic (exact) mass is 464 g/mol. The first-order chi connectivity index (χ1) is 16.4. The van der Waals surface area contributed by atoms with Gasteiger partial charge < -0.3 is 20.9 Å². The molecule has 0 saturated carbocycles. The Kier molecular flexibility index (Phi) is 7.01. The Morgan fingerprint density at radius 3 is 2.44 bits per heavy atom. The molecular weight excluding hydrogens is 438 g/mol. The second-order valence-electron chi connectivity index (χ2n) is 8.04. The molecule has 7 nitrogen and oxygen atoms in total. The van der Waals surface area contributed by atoms with Crippen molar-refractivity contribution in [1.82, 2.24) is 10.2 Å². The zero-order valence-electron chi connectivity index (χ0n) is 18.8. The van der Waals surface area contributed by atoms with Gasteiger partial charge in [0.15, 0.2) is 11.6 Å². The van der Waals surface area contributed by atoms with E-state index < -0.39 is 17.3 Å². The number of hydrogen-bond donors (Lipinski definition) is 2. The molecule has 0 unspecified atom stereocenters.